The number of nitrogens with one attached hydrogen (secondary N) is 1. The fourth-order valence-corrected chi connectivity index (χ4v) is 1.60. The minimum Gasteiger partial charge on any atom is -0.435 e. The number of oxazole rings is 1. The highest BCUT2D eigenvalue weighted by molar-refractivity contribution is 5.59. The lowest BCUT2D eigenvalue weighted by Gasteiger charge is -1.93. The van der Waals surface area contributed by atoms with E-state index in [2.05, 4.69) is 9.97 Å². The van der Waals surface area contributed by atoms with E-state index >= 15 is 0 Å². The highest BCUT2D eigenvalue weighted by Gasteiger charge is 2.07. The van der Waals surface area contributed by atoms with Crippen LogP contribution in [0.25, 0.3) is 22.9 Å². The minimum absolute atomic E-state index is 0.615. The fourth-order valence-electron chi connectivity index (χ4n) is 1.60. The van der Waals surface area contributed by atoms with Gasteiger partial charge in [-0.05, 0) is 12.1 Å². The molecule has 0 fully saturated rings. The molecule has 3 rings (SSSR count). The quantitative estimate of drug-likeness (QED) is 0.704. The molecule has 0 amide bonds. The van der Waals surface area contributed by atoms with Crippen LogP contribution in [0.4, 0.5) is 0 Å². The van der Waals surface area contributed by atoms with Crippen molar-refractivity contribution in [2.24, 2.45) is 0 Å². The lowest BCUT2D eigenvalue weighted by Crippen LogP contribution is -1.73. The molecule has 3 heteroatoms. The lowest BCUT2D eigenvalue weighted by molar-refractivity contribution is 0.586. The Kier molecular flexibility index (Phi) is 2.07. The van der Waals surface area contributed by atoms with E-state index in [-0.39, 0.29) is 0 Å². The smallest absolute Gasteiger partial charge is 0.243 e. The topological polar surface area (TPSA) is 41.8 Å². The summed E-state index contributed by atoms with van der Waals surface area (Å²) >= 11 is 0. The van der Waals surface area contributed by atoms with Gasteiger partial charge in [0, 0.05) is 11.8 Å². The molecular formula is C13H10N2O. The van der Waals surface area contributed by atoms with Crippen LogP contribution in [-0.2, 0) is 0 Å². The van der Waals surface area contributed by atoms with Crippen molar-refractivity contribution < 1.29 is 4.42 Å². The van der Waals surface area contributed by atoms with E-state index in [0.29, 0.717) is 5.89 Å². The van der Waals surface area contributed by atoms with Crippen LogP contribution in [0.15, 0.2) is 59.3 Å². The Bertz CT molecular complexity index is 567. The van der Waals surface area contributed by atoms with Crippen LogP contribution in [0.3, 0.4) is 0 Å². The SMILES string of the molecule is c1ccc(-c2cnc(-c3ccc[nH]3)o2)cc1. The molecule has 1 aromatic carbocycles. The molecule has 0 aliphatic rings. The predicted octanol–water partition coefficient (Wildman–Crippen LogP) is 3.34. The normalized spacial score (nSPS) is 10.5. The van der Waals surface area contributed by atoms with Gasteiger partial charge < -0.3 is 9.40 Å². The first-order valence-electron chi connectivity index (χ1n) is 5.08. The fraction of sp³-hybridized carbons (Fsp3) is 0. The number of aromatic nitrogens is 2. The van der Waals surface area contributed by atoms with Gasteiger partial charge in [-0.1, -0.05) is 30.3 Å². The molecule has 3 nitrogen and oxygen atoms in total. The van der Waals surface area contributed by atoms with Crippen molar-refractivity contribution >= 4 is 0 Å². The highest BCUT2D eigenvalue weighted by Crippen LogP contribution is 2.24. The number of nitrogens with zero attached hydrogens (tertiary/aromatic N) is 1. The van der Waals surface area contributed by atoms with Gasteiger partial charge in [-0.3, -0.25) is 0 Å². The predicted molar refractivity (Wildman–Crippen MR) is 61.7 cm³/mol. The summed E-state index contributed by atoms with van der Waals surface area (Å²) in [6.45, 7) is 0. The van der Waals surface area contributed by atoms with Gasteiger partial charge in [0.2, 0.25) is 5.89 Å². The van der Waals surface area contributed by atoms with Crippen LogP contribution in [-0.4, -0.2) is 9.97 Å². The summed E-state index contributed by atoms with van der Waals surface area (Å²) in [5, 5.41) is 0. The third-order valence-electron chi connectivity index (χ3n) is 2.39. The van der Waals surface area contributed by atoms with Crippen LogP contribution in [0.2, 0.25) is 0 Å². The zero-order chi connectivity index (χ0) is 10.8. The molecule has 16 heavy (non-hydrogen) atoms. The van der Waals surface area contributed by atoms with Crippen LogP contribution < -0.4 is 0 Å². The van der Waals surface area contributed by atoms with E-state index in [0.717, 1.165) is 17.0 Å². The van der Waals surface area contributed by atoms with Gasteiger partial charge in [-0.2, -0.15) is 0 Å². The van der Waals surface area contributed by atoms with E-state index in [1.54, 1.807) is 6.20 Å². The molecule has 0 spiro atoms. The van der Waals surface area contributed by atoms with E-state index in [9.17, 15) is 0 Å². The van der Waals surface area contributed by atoms with E-state index in [4.69, 9.17) is 4.42 Å². The summed E-state index contributed by atoms with van der Waals surface area (Å²) in [5.41, 5.74) is 1.93. The molecule has 3 aromatic rings. The maximum Gasteiger partial charge on any atom is 0.243 e. The lowest BCUT2D eigenvalue weighted by atomic mass is 10.2. The van der Waals surface area contributed by atoms with Gasteiger partial charge >= 0.3 is 0 Å². The largest absolute Gasteiger partial charge is 0.435 e. The molecule has 0 saturated heterocycles. The summed E-state index contributed by atoms with van der Waals surface area (Å²) in [5.74, 6) is 1.40. The first kappa shape index (κ1) is 8.97. The van der Waals surface area contributed by atoms with Crippen LogP contribution in [0.1, 0.15) is 0 Å². The average Bonchev–Trinajstić information content (AvgIpc) is 3.01. The van der Waals surface area contributed by atoms with Gasteiger partial charge in [-0.15, -0.1) is 0 Å². The Morgan fingerprint density at radius 1 is 1.00 bits per heavy atom. The van der Waals surface area contributed by atoms with Crippen LogP contribution >= 0.6 is 0 Å². The average molecular weight is 210 g/mol. The number of benzene rings is 1. The standard InChI is InChI=1S/C13H10N2O/c1-2-5-10(6-3-1)12-9-15-13(16-12)11-7-4-8-14-11/h1-9,14H. The second kappa shape index (κ2) is 3.70. The summed E-state index contributed by atoms with van der Waals surface area (Å²) in [4.78, 5) is 7.30. The molecule has 78 valence electrons. The third kappa shape index (κ3) is 1.52. The maximum atomic E-state index is 5.67. The molecule has 0 radical (unpaired) electrons. The molecule has 1 N–H and O–H groups in total. The molecule has 0 unspecified atom stereocenters. The monoisotopic (exact) mass is 210 g/mol. The van der Waals surface area contributed by atoms with Crippen molar-refractivity contribution in [3.8, 4) is 22.9 Å². The molecule has 2 heterocycles. The number of hydrogen-bond donors (Lipinski definition) is 1. The maximum absolute atomic E-state index is 5.67. The number of H-pyrrole nitrogens is 1. The first-order valence-corrected chi connectivity index (χ1v) is 5.08. The Balaban J connectivity index is 2.00. The summed E-state index contributed by atoms with van der Waals surface area (Å²) in [6.07, 6.45) is 3.59. The van der Waals surface area contributed by atoms with Gasteiger partial charge in [0.15, 0.2) is 5.76 Å². The van der Waals surface area contributed by atoms with Crippen molar-refractivity contribution in [3.05, 3.63) is 54.9 Å². The van der Waals surface area contributed by atoms with E-state index in [1.807, 2.05) is 48.7 Å². The van der Waals surface area contributed by atoms with E-state index < -0.39 is 0 Å². The van der Waals surface area contributed by atoms with Crippen molar-refractivity contribution in [3.63, 3.8) is 0 Å². The van der Waals surface area contributed by atoms with Gasteiger partial charge in [0.05, 0.1) is 6.20 Å². The van der Waals surface area contributed by atoms with E-state index in [1.165, 1.54) is 0 Å². The molecule has 0 aliphatic heterocycles. The molecule has 0 aliphatic carbocycles. The third-order valence-corrected chi connectivity index (χ3v) is 2.39. The number of rotatable bonds is 2. The Labute approximate surface area is 92.8 Å². The molecule has 0 saturated carbocycles. The summed E-state index contributed by atoms with van der Waals surface area (Å²) in [7, 11) is 0. The van der Waals surface area contributed by atoms with Crippen molar-refractivity contribution in [2.45, 2.75) is 0 Å². The van der Waals surface area contributed by atoms with Crippen LogP contribution in [0.5, 0.6) is 0 Å². The van der Waals surface area contributed by atoms with Crippen molar-refractivity contribution in [1.82, 2.24) is 9.97 Å². The van der Waals surface area contributed by atoms with Crippen LogP contribution in [0, 0.1) is 0 Å². The number of aromatic amines is 1. The second-order valence-electron chi connectivity index (χ2n) is 3.48. The molecular weight excluding hydrogens is 200 g/mol. The summed E-state index contributed by atoms with van der Waals surface area (Å²) < 4.78 is 5.67. The second-order valence-corrected chi connectivity index (χ2v) is 3.48. The van der Waals surface area contributed by atoms with Gasteiger partial charge in [0.25, 0.3) is 0 Å². The summed E-state index contributed by atoms with van der Waals surface area (Å²) in [6, 6.07) is 13.8. The minimum atomic E-state index is 0.615. The first-order chi connectivity index (χ1) is 7.93. The van der Waals surface area contributed by atoms with Gasteiger partial charge in [-0.25, -0.2) is 4.98 Å². The zero-order valence-electron chi connectivity index (χ0n) is 8.55. The van der Waals surface area contributed by atoms with Crippen molar-refractivity contribution in [1.29, 1.82) is 0 Å². The van der Waals surface area contributed by atoms with Gasteiger partial charge in [0.1, 0.15) is 5.69 Å². The Morgan fingerprint density at radius 2 is 1.88 bits per heavy atom. The Hall–Kier alpha value is -2.29. The zero-order valence-corrected chi connectivity index (χ0v) is 8.55. The Morgan fingerprint density at radius 3 is 2.62 bits per heavy atom. The molecule has 2 aromatic heterocycles. The molecule has 0 atom stereocenters. The highest BCUT2D eigenvalue weighted by atomic mass is 16.4. The van der Waals surface area contributed by atoms with Crippen molar-refractivity contribution in [2.75, 3.05) is 0 Å². The number of hydrogen-bond acceptors (Lipinski definition) is 2. The molecule has 0 bridgehead atoms.